The van der Waals surface area contributed by atoms with E-state index >= 15 is 0 Å². The summed E-state index contributed by atoms with van der Waals surface area (Å²) >= 11 is 7.54. The minimum Gasteiger partial charge on any atom is -0.478 e. The van der Waals surface area contributed by atoms with E-state index in [2.05, 4.69) is 25.5 Å². The quantitative estimate of drug-likeness (QED) is 0.530. The largest absolute Gasteiger partial charge is 0.478 e. The summed E-state index contributed by atoms with van der Waals surface area (Å²) in [5.74, 6) is -1.12. The molecule has 10 heteroatoms. The van der Waals surface area contributed by atoms with Crippen LogP contribution < -0.4 is 15.5 Å². The Morgan fingerprint density at radius 3 is 2.81 bits per heavy atom. The number of piperidine rings is 1. The number of nitrogens with zero attached hydrogens (tertiary/aromatic N) is 3. The molecule has 32 heavy (non-hydrogen) atoms. The average Bonchev–Trinajstić information content (AvgIpc) is 3.38. The van der Waals surface area contributed by atoms with Gasteiger partial charge in [-0.2, -0.15) is 0 Å². The molecule has 1 amide bonds. The van der Waals surface area contributed by atoms with E-state index in [0.29, 0.717) is 40.6 Å². The fourth-order valence-electron chi connectivity index (χ4n) is 4.17. The van der Waals surface area contributed by atoms with Gasteiger partial charge in [0.25, 0.3) is 5.91 Å². The molecule has 3 N–H and O–H groups in total. The van der Waals surface area contributed by atoms with Crippen molar-refractivity contribution < 1.29 is 14.7 Å². The van der Waals surface area contributed by atoms with Gasteiger partial charge in [0.2, 0.25) is 0 Å². The molecule has 1 aromatic heterocycles. The Bertz CT molecular complexity index is 1110. The lowest BCUT2D eigenvalue weighted by Crippen LogP contribution is -2.60. The van der Waals surface area contributed by atoms with Gasteiger partial charge in [-0.25, -0.2) is 14.8 Å². The number of aliphatic imine (C=N–C) groups is 1. The van der Waals surface area contributed by atoms with Gasteiger partial charge >= 0.3 is 5.97 Å². The number of aromatic nitrogens is 1. The van der Waals surface area contributed by atoms with Crippen molar-refractivity contribution in [1.29, 1.82) is 0 Å². The van der Waals surface area contributed by atoms with Gasteiger partial charge in [-0.3, -0.25) is 4.79 Å². The van der Waals surface area contributed by atoms with Gasteiger partial charge in [0, 0.05) is 31.6 Å². The van der Waals surface area contributed by atoms with Crippen molar-refractivity contribution in [3.63, 3.8) is 0 Å². The minimum atomic E-state index is -0.951. The van der Waals surface area contributed by atoms with E-state index in [4.69, 9.17) is 11.6 Å². The predicted molar refractivity (Wildman–Crippen MR) is 128 cm³/mol. The first kappa shape index (κ1) is 22.7. The van der Waals surface area contributed by atoms with Gasteiger partial charge in [0.15, 0.2) is 5.13 Å². The molecular weight excluding hydrogens is 450 g/mol. The molecule has 1 fully saturated rings. The number of hydrogen-bond donors (Lipinski definition) is 3. The van der Waals surface area contributed by atoms with Crippen molar-refractivity contribution >= 4 is 55.9 Å². The van der Waals surface area contributed by atoms with Crippen molar-refractivity contribution in [1.82, 2.24) is 15.6 Å². The molecule has 8 nitrogen and oxygen atoms in total. The summed E-state index contributed by atoms with van der Waals surface area (Å²) in [7, 11) is 0. The molecule has 0 bridgehead atoms. The van der Waals surface area contributed by atoms with Crippen molar-refractivity contribution in [2.75, 3.05) is 24.5 Å². The van der Waals surface area contributed by atoms with Gasteiger partial charge in [0.05, 0.1) is 15.8 Å². The smallest absolute Gasteiger partial charge is 0.337 e. The zero-order chi connectivity index (χ0) is 22.8. The molecule has 170 valence electrons. The third kappa shape index (κ3) is 4.51. The summed E-state index contributed by atoms with van der Waals surface area (Å²) in [4.78, 5) is 35.4. The number of likely N-dealkylation sites (N-methyl/N-ethyl adjacent to an activating group) is 1. The molecule has 2 aliphatic heterocycles. The maximum absolute atomic E-state index is 12.8. The van der Waals surface area contributed by atoms with Crippen LogP contribution in [0.1, 0.15) is 43.5 Å². The Balaban J connectivity index is 1.47. The Labute approximate surface area is 195 Å². The van der Waals surface area contributed by atoms with E-state index in [1.165, 1.54) is 11.3 Å². The van der Waals surface area contributed by atoms with E-state index in [1.54, 1.807) is 12.1 Å². The summed E-state index contributed by atoms with van der Waals surface area (Å²) in [6, 6.07) is 5.14. The fraction of sp³-hybridized carbons (Fsp3) is 0.455. The number of carbonyl (C=O) groups is 2. The van der Waals surface area contributed by atoms with Crippen LogP contribution in [-0.4, -0.2) is 59.4 Å². The molecule has 2 atom stereocenters. The minimum absolute atomic E-state index is 0.0275. The predicted octanol–water partition coefficient (Wildman–Crippen LogP) is 3.37. The first-order valence-electron chi connectivity index (χ1n) is 10.8. The van der Waals surface area contributed by atoms with Crippen LogP contribution in [0, 0.1) is 0 Å². The molecule has 0 unspecified atom stereocenters. The molecular formula is C22H26ClN5O3S. The van der Waals surface area contributed by atoms with E-state index in [-0.39, 0.29) is 23.6 Å². The van der Waals surface area contributed by atoms with Crippen molar-refractivity contribution in [3.05, 3.63) is 34.5 Å². The molecule has 1 saturated heterocycles. The Hall–Kier alpha value is -2.49. The van der Waals surface area contributed by atoms with Crippen LogP contribution in [0.3, 0.4) is 0 Å². The van der Waals surface area contributed by atoms with Gasteiger partial charge in [-0.15, -0.1) is 0 Å². The number of thiazole rings is 1. The van der Waals surface area contributed by atoms with E-state index in [0.717, 1.165) is 30.1 Å². The van der Waals surface area contributed by atoms with Crippen LogP contribution >= 0.6 is 22.9 Å². The standard InChI is InChI=1S/C22H26ClN5O3S/c1-3-12-10-16(25-19(12)23)20(29)26-14-8-9-28(11-17(14)24-4-2)22-27-15-7-5-6-13(21(30)31)18(15)32-22/h5-7,14,17,24H,3-4,8-11H2,1-2H3,(H,26,29)(H,30,31)/t14-,17-/m1/s1. The molecule has 2 aromatic rings. The Morgan fingerprint density at radius 2 is 2.12 bits per heavy atom. The van der Waals surface area contributed by atoms with Gasteiger partial charge < -0.3 is 20.6 Å². The second-order valence-corrected chi connectivity index (χ2v) is 9.25. The summed E-state index contributed by atoms with van der Waals surface area (Å²) in [6.45, 7) is 6.18. The maximum atomic E-state index is 12.8. The molecule has 0 saturated carbocycles. The number of fused-ring (bicyclic) bond motifs is 1. The van der Waals surface area contributed by atoms with Crippen LogP contribution in [0.15, 0.2) is 33.9 Å². The number of carbonyl (C=O) groups excluding carboxylic acids is 1. The number of aromatic carboxylic acids is 1. The van der Waals surface area contributed by atoms with Crippen LogP contribution in [0.25, 0.3) is 10.2 Å². The molecule has 0 radical (unpaired) electrons. The van der Waals surface area contributed by atoms with Gasteiger partial charge in [-0.05, 0) is 37.1 Å². The van der Waals surface area contributed by atoms with E-state index in [9.17, 15) is 14.7 Å². The molecule has 1 aromatic carbocycles. The lowest BCUT2D eigenvalue weighted by molar-refractivity contribution is -0.115. The van der Waals surface area contributed by atoms with Gasteiger partial charge in [-0.1, -0.05) is 42.9 Å². The SMILES string of the molecule is CCN[C@@H]1CN(c2nc3cccc(C(=O)O)c3s2)CC[C@H]1NC(=O)C1=NC(Cl)=C(CC)C1. The summed E-state index contributed by atoms with van der Waals surface area (Å²) in [6.07, 6.45) is 2.02. The summed E-state index contributed by atoms with van der Waals surface area (Å²) < 4.78 is 0.681. The highest BCUT2D eigenvalue weighted by molar-refractivity contribution is 7.22. The lowest BCUT2D eigenvalue weighted by Gasteiger charge is -2.39. The first-order valence-corrected chi connectivity index (χ1v) is 12.0. The molecule has 4 rings (SSSR count). The molecule has 3 heterocycles. The number of halogens is 1. The number of amides is 1. The topological polar surface area (TPSA) is 107 Å². The third-order valence-electron chi connectivity index (χ3n) is 5.89. The number of rotatable bonds is 7. The van der Waals surface area contributed by atoms with Crippen LogP contribution in [0.4, 0.5) is 5.13 Å². The van der Waals surface area contributed by atoms with Crippen molar-refractivity contribution in [3.8, 4) is 0 Å². The fourth-order valence-corrected chi connectivity index (χ4v) is 5.58. The first-order chi connectivity index (χ1) is 15.4. The number of benzene rings is 1. The van der Waals surface area contributed by atoms with Crippen molar-refractivity contribution in [2.24, 2.45) is 4.99 Å². The Kier molecular flexibility index (Phi) is 6.78. The zero-order valence-electron chi connectivity index (χ0n) is 18.0. The number of nitrogens with one attached hydrogen (secondary N) is 2. The van der Waals surface area contributed by atoms with Gasteiger partial charge in [0.1, 0.15) is 10.9 Å². The number of anilines is 1. The van der Waals surface area contributed by atoms with Crippen molar-refractivity contribution in [2.45, 2.75) is 45.2 Å². The zero-order valence-corrected chi connectivity index (χ0v) is 19.6. The maximum Gasteiger partial charge on any atom is 0.337 e. The number of allylic oxidation sites excluding steroid dienone is 1. The second kappa shape index (κ2) is 9.56. The Morgan fingerprint density at radius 1 is 1.31 bits per heavy atom. The molecule has 2 aliphatic rings. The van der Waals surface area contributed by atoms with Crippen LogP contribution in [0.2, 0.25) is 0 Å². The highest BCUT2D eigenvalue weighted by Gasteiger charge is 2.33. The summed E-state index contributed by atoms with van der Waals surface area (Å²) in [5.41, 5.74) is 2.42. The average molecular weight is 476 g/mol. The monoisotopic (exact) mass is 475 g/mol. The van der Waals surface area contributed by atoms with E-state index in [1.807, 2.05) is 19.9 Å². The number of carboxylic acids is 1. The normalized spacial score (nSPS) is 21.2. The third-order valence-corrected chi connectivity index (χ3v) is 7.41. The second-order valence-electron chi connectivity index (χ2n) is 7.92. The highest BCUT2D eigenvalue weighted by atomic mass is 35.5. The number of hydrogen-bond acceptors (Lipinski definition) is 7. The van der Waals surface area contributed by atoms with E-state index < -0.39 is 5.97 Å². The lowest BCUT2D eigenvalue weighted by atomic mass is 9.98. The van der Waals surface area contributed by atoms with Crippen LogP contribution in [-0.2, 0) is 4.79 Å². The highest BCUT2D eigenvalue weighted by Crippen LogP contribution is 2.33. The molecule has 0 spiro atoms. The molecule has 0 aliphatic carbocycles. The number of carboxylic acid groups (broad SMARTS) is 1. The van der Waals surface area contributed by atoms with Crippen LogP contribution in [0.5, 0.6) is 0 Å². The summed E-state index contributed by atoms with van der Waals surface area (Å²) in [5, 5.41) is 17.3.